The van der Waals surface area contributed by atoms with Crippen molar-refractivity contribution in [2.45, 2.75) is 6.54 Å². The highest BCUT2D eigenvalue weighted by Gasteiger charge is 2.24. The molecule has 0 fully saturated rings. The van der Waals surface area contributed by atoms with Crippen molar-refractivity contribution in [1.82, 2.24) is 5.32 Å². The minimum atomic E-state index is -0.970. The third kappa shape index (κ3) is 3.72. The van der Waals surface area contributed by atoms with Gasteiger partial charge in [0, 0.05) is 12.6 Å². The summed E-state index contributed by atoms with van der Waals surface area (Å²) in [6.07, 6.45) is 0. The summed E-state index contributed by atoms with van der Waals surface area (Å²) in [7, 11) is 1.26. The lowest BCUT2D eigenvalue weighted by Gasteiger charge is -2.07. The molecule has 124 valence electrons. The maximum atomic E-state index is 13.8. The Kier molecular flexibility index (Phi) is 5.20. The van der Waals surface area contributed by atoms with E-state index in [2.05, 4.69) is 10.1 Å². The summed E-state index contributed by atoms with van der Waals surface area (Å²) in [5.41, 5.74) is -0.241. The summed E-state index contributed by atoms with van der Waals surface area (Å²) in [6, 6.07) is 9.40. The molecule has 2 rings (SSSR count). The molecule has 1 N–H and O–H groups in total. The van der Waals surface area contributed by atoms with Crippen molar-refractivity contribution in [3.63, 3.8) is 0 Å². The number of amides is 1. The second kappa shape index (κ2) is 7.32. The number of rotatable bonds is 5. The first-order chi connectivity index (χ1) is 11.4. The smallest absolute Gasteiger partial charge is 0.337 e. The van der Waals surface area contributed by atoms with Crippen LogP contribution in [-0.4, -0.2) is 23.9 Å². The lowest BCUT2D eigenvalue weighted by atomic mass is 10.1. The number of benzene rings is 2. The van der Waals surface area contributed by atoms with Crippen LogP contribution in [0, 0.1) is 15.9 Å². The molecule has 0 aliphatic carbocycles. The quantitative estimate of drug-likeness (QED) is 0.515. The molecule has 0 heterocycles. The average molecular weight is 332 g/mol. The summed E-state index contributed by atoms with van der Waals surface area (Å²) in [5.74, 6) is -2.35. The van der Waals surface area contributed by atoms with E-state index in [1.807, 2.05) is 0 Å². The highest BCUT2D eigenvalue weighted by Crippen LogP contribution is 2.21. The topological polar surface area (TPSA) is 98.5 Å². The number of esters is 1. The Morgan fingerprint density at radius 3 is 2.46 bits per heavy atom. The van der Waals surface area contributed by atoms with E-state index in [1.165, 1.54) is 19.2 Å². The fraction of sp³-hybridized carbons (Fsp3) is 0.125. The van der Waals surface area contributed by atoms with Gasteiger partial charge in [-0.15, -0.1) is 0 Å². The van der Waals surface area contributed by atoms with Gasteiger partial charge in [-0.05, 0) is 23.8 Å². The van der Waals surface area contributed by atoms with Gasteiger partial charge in [0.05, 0.1) is 17.6 Å². The van der Waals surface area contributed by atoms with E-state index in [1.54, 1.807) is 12.1 Å². The molecule has 0 spiro atoms. The van der Waals surface area contributed by atoms with Crippen molar-refractivity contribution in [3.8, 4) is 0 Å². The van der Waals surface area contributed by atoms with Gasteiger partial charge in [-0.25, -0.2) is 9.18 Å². The van der Waals surface area contributed by atoms with Crippen molar-refractivity contribution in [2.75, 3.05) is 7.11 Å². The molecule has 1 amide bonds. The van der Waals surface area contributed by atoms with Crippen LogP contribution in [0.2, 0.25) is 0 Å². The monoisotopic (exact) mass is 332 g/mol. The molecule has 0 saturated carbocycles. The molecule has 2 aromatic rings. The van der Waals surface area contributed by atoms with E-state index < -0.39 is 33.9 Å². The molecule has 0 unspecified atom stereocenters. The zero-order chi connectivity index (χ0) is 17.7. The number of nitro groups is 1. The van der Waals surface area contributed by atoms with Gasteiger partial charge in [-0.1, -0.05) is 18.2 Å². The van der Waals surface area contributed by atoms with Gasteiger partial charge in [-0.3, -0.25) is 14.9 Å². The Morgan fingerprint density at radius 1 is 1.21 bits per heavy atom. The number of hydrogen-bond acceptors (Lipinski definition) is 5. The van der Waals surface area contributed by atoms with Crippen LogP contribution in [0.15, 0.2) is 42.5 Å². The molecule has 8 heteroatoms. The van der Waals surface area contributed by atoms with Crippen molar-refractivity contribution >= 4 is 17.6 Å². The first kappa shape index (κ1) is 17.1. The van der Waals surface area contributed by atoms with Crippen LogP contribution in [-0.2, 0) is 11.3 Å². The maximum absolute atomic E-state index is 13.8. The molecule has 0 atom stereocenters. The number of nitrogens with zero attached hydrogens (tertiary/aromatic N) is 1. The summed E-state index contributed by atoms with van der Waals surface area (Å²) >= 11 is 0. The molecule has 7 nitrogen and oxygen atoms in total. The third-order valence-electron chi connectivity index (χ3n) is 3.24. The number of carbonyl (C=O) groups excluding carboxylic acids is 2. The summed E-state index contributed by atoms with van der Waals surface area (Å²) in [5, 5.41) is 13.3. The molecule has 0 aliphatic heterocycles. The predicted molar refractivity (Wildman–Crippen MR) is 82.0 cm³/mol. The number of methoxy groups -OCH3 is 1. The lowest BCUT2D eigenvalue weighted by molar-refractivity contribution is -0.385. The van der Waals surface area contributed by atoms with Gasteiger partial charge in [-0.2, -0.15) is 0 Å². The van der Waals surface area contributed by atoms with Gasteiger partial charge in [0.1, 0.15) is 5.82 Å². The number of carbonyl (C=O) groups is 2. The molecule has 24 heavy (non-hydrogen) atoms. The summed E-state index contributed by atoms with van der Waals surface area (Å²) in [6.45, 7) is 0.0196. The molecule has 0 saturated heterocycles. The zero-order valence-electron chi connectivity index (χ0n) is 12.6. The SMILES string of the molecule is COC(=O)c1ccc(CNC(=O)c2c(F)cccc2[N+](=O)[O-])cc1. The van der Waals surface area contributed by atoms with E-state index in [-0.39, 0.29) is 6.54 Å². The molecule has 2 aromatic carbocycles. The van der Waals surface area contributed by atoms with Crippen LogP contribution in [0.5, 0.6) is 0 Å². The minimum absolute atomic E-state index is 0.0196. The second-order valence-corrected chi connectivity index (χ2v) is 4.76. The van der Waals surface area contributed by atoms with Crippen molar-refractivity contribution in [1.29, 1.82) is 0 Å². The van der Waals surface area contributed by atoms with Crippen LogP contribution in [0.4, 0.5) is 10.1 Å². The fourth-order valence-corrected chi connectivity index (χ4v) is 2.04. The van der Waals surface area contributed by atoms with Crippen LogP contribution >= 0.6 is 0 Å². The van der Waals surface area contributed by atoms with Crippen LogP contribution in [0.1, 0.15) is 26.3 Å². The lowest BCUT2D eigenvalue weighted by Crippen LogP contribution is -2.24. The first-order valence-electron chi connectivity index (χ1n) is 6.82. The number of halogens is 1. The van der Waals surface area contributed by atoms with Gasteiger partial charge >= 0.3 is 5.97 Å². The molecule has 0 aliphatic rings. The van der Waals surface area contributed by atoms with Gasteiger partial charge in [0.2, 0.25) is 0 Å². The first-order valence-corrected chi connectivity index (χ1v) is 6.82. The van der Waals surface area contributed by atoms with E-state index in [0.717, 1.165) is 18.2 Å². The van der Waals surface area contributed by atoms with E-state index in [9.17, 15) is 24.1 Å². The van der Waals surface area contributed by atoms with Crippen LogP contribution in [0.25, 0.3) is 0 Å². The zero-order valence-corrected chi connectivity index (χ0v) is 12.6. The van der Waals surface area contributed by atoms with Crippen molar-refractivity contribution in [3.05, 3.63) is 75.1 Å². The summed E-state index contributed by atoms with van der Waals surface area (Å²) in [4.78, 5) is 33.5. The van der Waals surface area contributed by atoms with E-state index >= 15 is 0 Å². The van der Waals surface area contributed by atoms with Gasteiger partial charge < -0.3 is 10.1 Å². The average Bonchev–Trinajstić information content (AvgIpc) is 2.59. The predicted octanol–water partition coefficient (Wildman–Crippen LogP) is 2.45. The second-order valence-electron chi connectivity index (χ2n) is 4.76. The molecular formula is C16H13FN2O5. The highest BCUT2D eigenvalue weighted by atomic mass is 19.1. The largest absolute Gasteiger partial charge is 0.465 e. The van der Waals surface area contributed by atoms with Crippen LogP contribution in [0.3, 0.4) is 0 Å². The Balaban J connectivity index is 2.11. The maximum Gasteiger partial charge on any atom is 0.337 e. The van der Waals surface area contributed by atoms with Crippen molar-refractivity contribution < 1.29 is 23.6 Å². The number of nitro benzene ring substituents is 1. The van der Waals surface area contributed by atoms with Gasteiger partial charge in [0.15, 0.2) is 5.56 Å². The standard InChI is InChI=1S/C16H13FN2O5/c1-24-16(21)11-7-5-10(6-8-11)9-18-15(20)14-12(17)3-2-4-13(14)19(22)23/h2-8H,9H2,1H3,(H,18,20). The van der Waals surface area contributed by atoms with Crippen molar-refractivity contribution in [2.24, 2.45) is 0 Å². The third-order valence-corrected chi connectivity index (χ3v) is 3.24. The normalized spacial score (nSPS) is 10.1. The molecule has 0 bridgehead atoms. The Hall–Kier alpha value is -3.29. The Morgan fingerprint density at radius 2 is 1.88 bits per heavy atom. The Labute approximate surface area is 136 Å². The van der Waals surface area contributed by atoms with Crippen LogP contribution < -0.4 is 5.32 Å². The highest BCUT2D eigenvalue weighted by molar-refractivity contribution is 5.98. The molecular weight excluding hydrogens is 319 g/mol. The number of hydrogen-bond donors (Lipinski definition) is 1. The summed E-state index contributed by atoms with van der Waals surface area (Å²) < 4.78 is 18.3. The Bertz CT molecular complexity index is 790. The number of ether oxygens (including phenoxy) is 1. The van der Waals surface area contributed by atoms with Gasteiger partial charge in [0.25, 0.3) is 11.6 Å². The molecule has 0 aromatic heterocycles. The van der Waals surface area contributed by atoms with E-state index in [0.29, 0.717) is 11.1 Å². The van der Waals surface area contributed by atoms with E-state index in [4.69, 9.17) is 0 Å². The fourth-order valence-electron chi connectivity index (χ4n) is 2.04. The minimum Gasteiger partial charge on any atom is -0.465 e. The number of nitrogens with one attached hydrogen (secondary N) is 1. The molecule has 0 radical (unpaired) electrons.